The largest absolute Gasteiger partial charge is 0.481 e. The second-order valence-electron chi connectivity index (χ2n) is 6.52. The van der Waals surface area contributed by atoms with Crippen molar-refractivity contribution in [2.75, 3.05) is 17.7 Å². The minimum atomic E-state index is -4.69. The van der Waals surface area contributed by atoms with Crippen molar-refractivity contribution >= 4 is 23.5 Å². The number of carboxylic acid groups (broad SMARTS) is 1. The van der Waals surface area contributed by atoms with Crippen LogP contribution >= 0.6 is 0 Å². The second kappa shape index (κ2) is 9.38. The lowest BCUT2D eigenvalue weighted by Gasteiger charge is -2.33. The van der Waals surface area contributed by atoms with Crippen molar-refractivity contribution in [2.24, 2.45) is 5.73 Å². The van der Waals surface area contributed by atoms with E-state index in [-0.39, 0.29) is 23.7 Å². The normalized spacial score (nSPS) is 13.0. The van der Waals surface area contributed by atoms with Crippen LogP contribution in [0.5, 0.6) is 5.88 Å². The molecule has 0 aliphatic carbocycles. The molecule has 0 radical (unpaired) electrons. The Morgan fingerprint density at radius 1 is 1.31 bits per heavy atom. The summed E-state index contributed by atoms with van der Waals surface area (Å²) in [7, 11) is 0. The molecular weight excluding hydrogens is 433 g/mol. The first kappa shape index (κ1) is 24.2. The van der Waals surface area contributed by atoms with E-state index in [1.807, 2.05) is 0 Å². The molecule has 0 saturated carbocycles. The second-order valence-corrected chi connectivity index (χ2v) is 6.52. The van der Waals surface area contributed by atoms with Crippen LogP contribution in [0.3, 0.4) is 0 Å². The summed E-state index contributed by atoms with van der Waals surface area (Å²) in [6, 6.07) is 5.58. The van der Waals surface area contributed by atoms with E-state index in [2.05, 4.69) is 15.3 Å². The number of anilines is 2. The Kier molecular flexibility index (Phi) is 7.09. The third-order valence-electron chi connectivity index (χ3n) is 4.37. The number of hydrogen-bond acceptors (Lipinski definition) is 8. The van der Waals surface area contributed by atoms with Crippen molar-refractivity contribution in [1.29, 1.82) is 5.26 Å². The molecule has 0 saturated heterocycles. The molecule has 6 N–H and O–H groups in total. The van der Waals surface area contributed by atoms with E-state index in [1.165, 1.54) is 6.07 Å². The number of alkyl halides is 3. The first-order chi connectivity index (χ1) is 14.9. The molecule has 1 aromatic carbocycles. The van der Waals surface area contributed by atoms with Gasteiger partial charge < -0.3 is 26.6 Å². The molecule has 1 amide bonds. The van der Waals surface area contributed by atoms with Gasteiger partial charge in [0.1, 0.15) is 17.3 Å². The Morgan fingerprint density at radius 3 is 2.53 bits per heavy atom. The summed E-state index contributed by atoms with van der Waals surface area (Å²) in [6.07, 6.45) is -5.90. The molecule has 1 atom stereocenters. The number of hydrogen-bond donors (Lipinski definition) is 4. The van der Waals surface area contributed by atoms with Crippen molar-refractivity contribution in [3.8, 4) is 11.9 Å². The highest BCUT2D eigenvalue weighted by molar-refractivity contribution is 5.90. The fraction of sp³-hybridized carbons (Fsp3) is 0.316. The summed E-state index contributed by atoms with van der Waals surface area (Å²) in [5.74, 6) is -3.24. The Labute approximate surface area is 180 Å². The maximum atomic E-state index is 13.2. The zero-order valence-electron chi connectivity index (χ0n) is 16.7. The van der Waals surface area contributed by atoms with Crippen molar-refractivity contribution in [3.63, 3.8) is 0 Å². The number of nitrogens with two attached hydrogens (primary N) is 2. The molecule has 0 fully saturated rings. The molecule has 0 unspecified atom stereocenters. The Bertz CT molecular complexity index is 1070. The molecule has 1 heterocycles. The first-order valence-electron chi connectivity index (χ1n) is 9.12. The molecule has 170 valence electrons. The SMILES string of the molecule is CCOc1nc(N)nc([C@@](CCC(=O)O)(Nc2cccc(C(F)(F)F)c2)C(N)=O)c1C#N. The van der Waals surface area contributed by atoms with Crippen molar-refractivity contribution in [1.82, 2.24) is 9.97 Å². The van der Waals surface area contributed by atoms with Gasteiger partial charge in [0, 0.05) is 12.1 Å². The number of carbonyl (C=O) groups excluding carboxylic acids is 1. The molecule has 1 aromatic heterocycles. The van der Waals surface area contributed by atoms with Crippen molar-refractivity contribution in [3.05, 3.63) is 41.1 Å². The van der Waals surface area contributed by atoms with Crippen LogP contribution in [0.15, 0.2) is 24.3 Å². The number of nitriles is 1. The number of nitrogens with zero attached hydrogens (tertiary/aromatic N) is 3. The Morgan fingerprint density at radius 2 is 2.00 bits per heavy atom. The van der Waals surface area contributed by atoms with Gasteiger partial charge in [-0.1, -0.05) is 6.07 Å². The van der Waals surface area contributed by atoms with Gasteiger partial charge in [-0.2, -0.15) is 23.4 Å². The minimum absolute atomic E-state index is 0.0598. The Hall–Kier alpha value is -4.08. The Balaban J connectivity index is 2.78. The number of primary amides is 1. The summed E-state index contributed by atoms with van der Waals surface area (Å²) in [5, 5.41) is 21.4. The quantitative estimate of drug-likeness (QED) is 0.443. The zero-order chi connectivity index (χ0) is 24.1. The van der Waals surface area contributed by atoms with Crippen LogP contribution in [0.4, 0.5) is 24.8 Å². The van der Waals surface area contributed by atoms with E-state index in [0.717, 1.165) is 12.1 Å². The lowest BCUT2D eigenvalue weighted by atomic mass is 9.85. The van der Waals surface area contributed by atoms with Crippen LogP contribution < -0.4 is 21.5 Å². The van der Waals surface area contributed by atoms with Crippen LogP contribution in [-0.4, -0.2) is 33.6 Å². The van der Waals surface area contributed by atoms with Gasteiger partial charge in [0.15, 0.2) is 5.54 Å². The molecule has 2 rings (SSSR count). The maximum absolute atomic E-state index is 13.2. The van der Waals surface area contributed by atoms with Gasteiger partial charge in [0.2, 0.25) is 17.7 Å². The number of rotatable bonds is 9. The highest BCUT2D eigenvalue weighted by Gasteiger charge is 2.44. The van der Waals surface area contributed by atoms with Crippen LogP contribution in [0.1, 0.15) is 36.6 Å². The van der Waals surface area contributed by atoms with Crippen molar-refractivity contribution in [2.45, 2.75) is 31.5 Å². The first-order valence-corrected chi connectivity index (χ1v) is 9.12. The van der Waals surface area contributed by atoms with Gasteiger partial charge in [-0.15, -0.1) is 0 Å². The predicted octanol–water partition coefficient (Wildman–Crippen LogP) is 2.01. The third kappa shape index (κ3) is 5.15. The van der Waals surface area contributed by atoms with E-state index in [4.69, 9.17) is 21.3 Å². The molecule has 0 aliphatic rings. The lowest BCUT2D eigenvalue weighted by Crippen LogP contribution is -2.49. The fourth-order valence-corrected chi connectivity index (χ4v) is 2.96. The van der Waals surface area contributed by atoms with Gasteiger partial charge in [-0.05, 0) is 31.5 Å². The van der Waals surface area contributed by atoms with Crippen LogP contribution in [0, 0.1) is 11.3 Å². The third-order valence-corrected chi connectivity index (χ3v) is 4.37. The summed E-state index contributed by atoms with van der Waals surface area (Å²) in [5.41, 5.74) is 7.01. The number of ether oxygens (including phenoxy) is 1. The van der Waals surface area contributed by atoms with Gasteiger partial charge in [0.25, 0.3) is 0 Å². The van der Waals surface area contributed by atoms with E-state index < -0.39 is 53.6 Å². The van der Waals surface area contributed by atoms with Gasteiger partial charge in [0.05, 0.1) is 12.2 Å². The highest BCUT2D eigenvalue weighted by atomic mass is 19.4. The van der Waals surface area contributed by atoms with E-state index in [1.54, 1.807) is 13.0 Å². The monoisotopic (exact) mass is 452 g/mol. The maximum Gasteiger partial charge on any atom is 0.416 e. The van der Waals surface area contributed by atoms with E-state index in [9.17, 15) is 28.0 Å². The van der Waals surface area contributed by atoms with E-state index in [0.29, 0.717) is 6.07 Å². The van der Waals surface area contributed by atoms with Crippen LogP contribution in [0.2, 0.25) is 0 Å². The number of aliphatic carboxylic acids is 1. The highest BCUT2D eigenvalue weighted by Crippen LogP contribution is 2.37. The summed E-state index contributed by atoms with van der Waals surface area (Å²) < 4.78 is 44.7. The fourth-order valence-electron chi connectivity index (χ4n) is 2.96. The smallest absolute Gasteiger partial charge is 0.416 e. The summed E-state index contributed by atoms with van der Waals surface area (Å²) in [6.45, 7) is 1.65. The number of nitrogen functional groups attached to an aromatic ring is 1. The average Bonchev–Trinajstić information content (AvgIpc) is 2.70. The van der Waals surface area contributed by atoms with Crippen molar-refractivity contribution < 1.29 is 32.6 Å². The number of nitrogens with one attached hydrogen (secondary N) is 1. The predicted molar refractivity (Wildman–Crippen MR) is 105 cm³/mol. The minimum Gasteiger partial charge on any atom is -0.481 e. The van der Waals surface area contributed by atoms with Gasteiger partial charge in [-0.25, -0.2) is 4.98 Å². The molecule has 0 aliphatic heterocycles. The van der Waals surface area contributed by atoms with Gasteiger partial charge >= 0.3 is 12.1 Å². The van der Waals surface area contributed by atoms with E-state index >= 15 is 0 Å². The zero-order valence-corrected chi connectivity index (χ0v) is 16.7. The van der Waals surface area contributed by atoms with Gasteiger partial charge in [-0.3, -0.25) is 9.59 Å². The summed E-state index contributed by atoms with van der Waals surface area (Å²) in [4.78, 5) is 31.6. The standard InChI is InChI=1S/C19H19F3N6O4/c1-2-32-15-12(9-23)14(26-17(25)27-15)18(16(24)31,7-6-13(29)30)28-11-5-3-4-10(8-11)19(20,21)22/h3-5,8,28H,2,6-7H2,1H3,(H2,24,31)(H,29,30)(H2,25,26,27)/t18-/m1/s1. The number of carboxylic acids is 1. The van der Waals surface area contributed by atoms with Crippen LogP contribution in [0.25, 0.3) is 0 Å². The number of aromatic nitrogens is 2. The topological polar surface area (TPSA) is 177 Å². The number of amides is 1. The van der Waals surface area contributed by atoms with Crippen LogP contribution in [-0.2, 0) is 21.3 Å². The number of halogens is 3. The number of carbonyl (C=O) groups is 2. The molecule has 0 spiro atoms. The molecule has 2 aromatic rings. The number of benzene rings is 1. The summed E-state index contributed by atoms with van der Waals surface area (Å²) >= 11 is 0. The molecule has 10 nitrogen and oxygen atoms in total. The molecule has 0 bridgehead atoms. The molecule has 13 heteroatoms. The molecular formula is C19H19F3N6O4. The molecule has 32 heavy (non-hydrogen) atoms. The average molecular weight is 452 g/mol. The lowest BCUT2D eigenvalue weighted by molar-refractivity contribution is -0.138.